The Bertz CT molecular complexity index is 580. The zero-order valence-electron chi connectivity index (χ0n) is 11.8. The van der Waals surface area contributed by atoms with Crippen molar-refractivity contribution in [3.63, 3.8) is 0 Å². The van der Waals surface area contributed by atoms with Gasteiger partial charge in [0.25, 0.3) is 0 Å². The van der Waals surface area contributed by atoms with Crippen LogP contribution in [-0.4, -0.2) is 16.1 Å². The van der Waals surface area contributed by atoms with Crippen LogP contribution in [0.3, 0.4) is 0 Å². The average molecular weight is 296 g/mol. The first kappa shape index (κ1) is 15.0. The topological polar surface area (TPSA) is 29.9 Å². The molecule has 0 atom stereocenters. The zero-order chi connectivity index (χ0) is 14.5. The number of nitrogens with one attached hydrogen (secondary N) is 1. The van der Waals surface area contributed by atoms with Crippen molar-refractivity contribution < 1.29 is 4.39 Å². The van der Waals surface area contributed by atoms with E-state index >= 15 is 0 Å². The fourth-order valence-corrected chi connectivity index (χ4v) is 2.29. The van der Waals surface area contributed by atoms with Crippen molar-refractivity contribution in [2.45, 2.75) is 33.4 Å². The average Bonchev–Trinajstić information content (AvgIpc) is 2.76. The lowest BCUT2D eigenvalue weighted by molar-refractivity contribution is 0.582. The summed E-state index contributed by atoms with van der Waals surface area (Å²) in [6.07, 6.45) is 2.91. The number of nitrogens with zero attached hydrogens (tertiary/aromatic N) is 2. The van der Waals surface area contributed by atoms with Gasteiger partial charge < -0.3 is 9.88 Å². The molecule has 1 heterocycles. The molecule has 20 heavy (non-hydrogen) atoms. The largest absolute Gasteiger partial charge is 0.326 e. The van der Waals surface area contributed by atoms with Crippen LogP contribution in [0.25, 0.3) is 0 Å². The van der Waals surface area contributed by atoms with Crippen molar-refractivity contribution in [3.8, 4) is 0 Å². The fraction of sp³-hybridized carbons (Fsp3) is 0.400. The number of halogens is 2. The summed E-state index contributed by atoms with van der Waals surface area (Å²) in [6, 6.07) is 4.63. The van der Waals surface area contributed by atoms with Gasteiger partial charge in [-0.15, -0.1) is 0 Å². The molecule has 108 valence electrons. The standard InChI is InChI=1S/C15H19ClFN3/c1-3-6-18-8-14-9-19-11(2)20(14)10-12-7-13(16)4-5-15(12)17/h4-5,7,9,18H,3,6,8,10H2,1-2H3. The maximum absolute atomic E-state index is 13.8. The molecule has 0 saturated heterocycles. The van der Waals surface area contributed by atoms with Gasteiger partial charge in [0, 0.05) is 23.3 Å². The van der Waals surface area contributed by atoms with E-state index in [1.54, 1.807) is 12.1 Å². The molecule has 2 aromatic rings. The lowest BCUT2D eigenvalue weighted by Gasteiger charge is -2.12. The molecule has 3 nitrogen and oxygen atoms in total. The van der Waals surface area contributed by atoms with E-state index in [-0.39, 0.29) is 5.82 Å². The lowest BCUT2D eigenvalue weighted by Crippen LogP contribution is -2.18. The number of hydrogen-bond donors (Lipinski definition) is 1. The summed E-state index contributed by atoms with van der Waals surface area (Å²) in [5.41, 5.74) is 1.63. The van der Waals surface area contributed by atoms with Crippen molar-refractivity contribution in [2.75, 3.05) is 6.54 Å². The molecule has 0 unspecified atom stereocenters. The van der Waals surface area contributed by atoms with Crippen molar-refractivity contribution in [3.05, 3.63) is 52.3 Å². The van der Waals surface area contributed by atoms with Gasteiger partial charge in [0.1, 0.15) is 11.6 Å². The summed E-state index contributed by atoms with van der Waals surface area (Å²) in [6.45, 7) is 6.18. The Hall–Kier alpha value is -1.39. The minimum Gasteiger partial charge on any atom is -0.326 e. The second-order valence-electron chi connectivity index (χ2n) is 4.80. The minimum absolute atomic E-state index is 0.241. The molecule has 2 rings (SSSR count). The summed E-state index contributed by atoms with van der Waals surface area (Å²) in [4.78, 5) is 4.31. The van der Waals surface area contributed by atoms with Gasteiger partial charge in [0.2, 0.25) is 0 Å². The Morgan fingerprint density at radius 3 is 2.95 bits per heavy atom. The van der Waals surface area contributed by atoms with E-state index in [9.17, 15) is 4.39 Å². The van der Waals surface area contributed by atoms with E-state index in [1.807, 2.05) is 17.7 Å². The first-order chi connectivity index (χ1) is 9.61. The van der Waals surface area contributed by atoms with E-state index < -0.39 is 0 Å². The number of hydrogen-bond acceptors (Lipinski definition) is 2. The van der Waals surface area contributed by atoms with Crippen LogP contribution >= 0.6 is 11.6 Å². The Kier molecular flexibility index (Phi) is 5.15. The smallest absolute Gasteiger partial charge is 0.128 e. The summed E-state index contributed by atoms with van der Waals surface area (Å²) in [7, 11) is 0. The highest BCUT2D eigenvalue weighted by Gasteiger charge is 2.10. The molecule has 0 aliphatic carbocycles. The molecule has 0 spiro atoms. The molecule has 0 amide bonds. The van der Waals surface area contributed by atoms with Crippen molar-refractivity contribution in [2.24, 2.45) is 0 Å². The van der Waals surface area contributed by atoms with Crippen LogP contribution in [0, 0.1) is 12.7 Å². The Morgan fingerprint density at radius 2 is 2.20 bits per heavy atom. The maximum atomic E-state index is 13.8. The van der Waals surface area contributed by atoms with E-state index in [0.717, 1.165) is 31.0 Å². The molecule has 5 heteroatoms. The highest BCUT2D eigenvalue weighted by Crippen LogP contribution is 2.17. The monoisotopic (exact) mass is 295 g/mol. The highest BCUT2D eigenvalue weighted by atomic mass is 35.5. The number of imidazole rings is 1. The Labute approximate surface area is 123 Å². The molecule has 1 N–H and O–H groups in total. The quantitative estimate of drug-likeness (QED) is 0.826. The van der Waals surface area contributed by atoms with Crippen molar-refractivity contribution >= 4 is 11.6 Å². The molecular formula is C15H19ClFN3. The van der Waals surface area contributed by atoms with Crippen LogP contribution in [0.5, 0.6) is 0 Å². The Balaban J connectivity index is 2.19. The predicted octanol–water partition coefficient (Wildman–Crippen LogP) is 3.53. The van der Waals surface area contributed by atoms with Crippen molar-refractivity contribution in [1.82, 2.24) is 14.9 Å². The summed E-state index contributed by atoms with van der Waals surface area (Å²) in [5, 5.41) is 3.88. The van der Waals surface area contributed by atoms with Gasteiger partial charge in [-0.3, -0.25) is 0 Å². The molecule has 1 aromatic heterocycles. The molecular weight excluding hydrogens is 277 g/mol. The van der Waals surface area contributed by atoms with Crippen molar-refractivity contribution in [1.29, 1.82) is 0 Å². The predicted molar refractivity (Wildman–Crippen MR) is 79.5 cm³/mol. The van der Waals surface area contributed by atoms with Crippen LogP contribution in [0.4, 0.5) is 4.39 Å². The maximum Gasteiger partial charge on any atom is 0.128 e. The summed E-state index contributed by atoms with van der Waals surface area (Å²) in [5.74, 6) is 0.632. The van der Waals surface area contributed by atoms with Crippen LogP contribution < -0.4 is 5.32 Å². The third-order valence-corrected chi connectivity index (χ3v) is 3.44. The second kappa shape index (κ2) is 6.86. The minimum atomic E-state index is -0.241. The van der Waals surface area contributed by atoms with Gasteiger partial charge in [-0.1, -0.05) is 18.5 Å². The molecule has 0 bridgehead atoms. The van der Waals surface area contributed by atoms with Gasteiger partial charge in [-0.25, -0.2) is 9.37 Å². The number of benzene rings is 1. The third-order valence-electron chi connectivity index (χ3n) is 3.21. The van der Waals surface area contributed by atoms with Crippen LogP contribution in [0.1, 0.15) is 30.4 Å². The van der Waals surface area contributed by atoms with E-state index in [4.69, 9.17) is 11.6 Å². The van der Waals surface area contributed by atoms with E-state index in [1.165, 1.54) is 6.07 Å². The van der Waals surface area contributed by atoms with Gasteiger partial charge in [-0.05, 0) is 38.1 Å². The summed E-state index contributed by atoms with van der Waals surface area (Å²) >= 11 is 5.94. The summed E-state index contributed by atoms with van der Waals surface area (Å²) < 4.78 is 15.8. The van der Waals surface area contributed by atoms with Crippen LogP contribution in [0.15, 0.2) is 24.4 Å². The normalized spacial score (nSPS) is 11.0. The first-order valence-corrected chi connectivity index (χ1v) is 7.15. The van der Waals surface area contributed by atoms with E-state index in [2.05, 4.69) is 17.2 Å². The van der Waals surface area contributed by atoms with E-state index in [0.29, 0.717) is 17.1 Å². The molecule has 0 fully saturated rings. The highest BCUT2D eigenvalue weighted by molar-refractivity contribution is 6.30. The van der Waals surface area contributed by atoms with Crippen LogP contribution in [0.2, 0.25) is 5.02 Å². The Morgan fingerprint density at radius 1 is 1.40 bits per heavy atom. The SMILES string of the molecule is CCCNCc1cnc(C)n1Cc1cc(Cl)ccc1F. The van der Waals surface area contributed by atoms with Crippen LogP contribution in [-0.2, 0) is 13.1 Å². The number of aromatic nitrogens is 2. The number of aryl methyl sites for hydroxylation is 1. The first-order valence-electron chi connectivity index (χ1n) is 6.77. The fourth-order valence-electron chi connectivity index (χ4n) is 2.10. The number of rotatable bonds is 6. The molecule has 0 aliphatic rings. The van der Waals surface area contributed by atoms with Gasteiger partial charge >= 0.3 is 0 Å². The van der Waals surface area contributed by atoms with Gasteiger partial charge in [0.15, 0.2) is 0 Å². The molecule has 0 aliphatic heterocycles. The molecule has 0 saturated carbocycles. The molecule has 0 radical (unpaired) electrons. The van der Waals surface area contributed by atoms with Gasteiger partial charge in [-0.2, -0.15) is 0 Å². The lowest BCUT2D eigenvalue weighted by atomic mass is 10.2. The molecule has 1 aromatic carbocycles. The van der Waals surface area contributed by atoms with Gasteiger partial charge in [0.05, 0.1) is 12.2 Å². The second-order valence-corrected chi connectivity index (χ2v) is 5.23. The third kappa shape index (κ3) is 3.58. The zero-order valence-corrected chi connectivity index (χ0v) is 12.5.